The van der Waals surface area contributed by atoms with Crippen molar-refractivity contribution in [3.63, 3.8) is 0 Å². The molecule has 2 aromatic rings. The fourth-order valence-electron chi connectivity index (χ4n) is 3.78. The van der Waals surface area contributed by atoms with Gasteiger partial charge in [0.25, 0.3) is 0 Å². The SMILES string of the molecule is Cc1sc(C)c(S(=O)(=O)N2CCC3(CC2)OCCO3)c1-c1cc(C(F)(F)F)on1. The Morgan fingerprint density at radius 1 is 1.14 bits per heavy atom. The first kappa shape index (κ1) is 20.8. The topological polar surface area (TPSA) is 81.9 Å². The maximum Gasteiger partial charge on any atom is 0.452 e. The molecule has 2 aliphatic rings. The number of aromatic nitrogens is 1. The van der Waals surface area contributed by atoms with Crippen LogP contribution in [0.2, 0.25) is 0 Å². The second-order valence-corrected chi connectivity index (χ2v) is 10.3. The molecule has 12 heteroatoms. The van der Waals surface area contributed by atoms with E-state index in [-0.39, 0.29) is 29.2 Å². The molecule has 2 saturated heterocycles. The smallest absolute Gasteiger partial charge is 0.351 e. The molecular formula is C17H19F3N2O5S2. The van der Waals surface area contributed by atoms with Crippen LogP contribution >= 0.6 is 11.3 Å². The van der Waals surface area contributed by atoms with Gasteiger partial charge in [-0.3, -0.25) is 0 Å². The van der Waals surface area contributed by atoms with Crippen molar-refractivity contribution in [2.75, 3.05) is 26.3 Å². The fraction of sp³-hybridized carbons (Fsp3) is 0.588. The average molecular weight is 452 g/mol. The lowest BCUT2D eigenvalue weighted by Crippen LogP contribution is -2.47. The van der Waals surface area contributed by atoms with Gasteiger partial charge in [-0.2, -0.15) is 17.5 Å². The van der Waals surface area contributed by atoms with Crippen molar-refractivity contribution < 1.29 is 35.6 Å². The van der Waals surface area contributed by atoms with Gasteiger partial charge in [0.2, 0.25) is 15.8 Å². The van der Waals surface area contributed by atoms with Gasteiger partial charge in [0.15, 0.2) is 5.79 Å². The molecule has 1 spiro atoms. The van der Waals surface area contributed by atoms with E-state index in [4.69, 9.17) is 9.47 Å². The highest BCUT2D eigenvalue weighted by molar-refractivity contribution is 7.89. The van der Waals surface area contributed by atoms with Crippen LogP contribution in [0, 0.1) is 13.8 Å². The number of ether oxygens (including phenoxy) is 2. The summed E-state index contributed by atoms with van der Waals surface area (Å²) in [5.41, 5.74) is 0.00842. The quantitative estimate of drug-likeness (QED) is 0.708. The van der Waals surface area contributed by atoms with Gasteiger partial charge in [-0.05, 0) is 13.8 Å². The van der Waals surface area contributed by atoms with Gasteiger partial charge in [-0.25, -0.2) is 8.42 Å². The lowest BCUT2D eigenvalue weighted by Gasteiger charge is -2.36. The van der Waals surface area contributed by atoms with Crippen molar-refractivity contribution in [1.82, 2.24) is 9.46 Å². The molecule has 160 valence electrons. The Morgan fingerprint density at radius 2 is 1.76 bits per heavy atom. The van der Waals surface area contributed by atoms with Crippen LogP contribution in [0.15, 0.2) is 15.5 Å². The molecule has 0 saturated carbocycles. The van der Waals surface area contributed by atoms with Crippen LogP contribution < -0.4 is 0 Å². The molecule has 2 aromatic heterocycles. The third-order valence-electron chi connectivity index (χ3n) is 5.15. The Morgan fingerprint density at radius 3 is 2.31 bits per heavy atom. The van der Waals surface area contributed by atoms with Gasteiger partial charge in [-0.1, -0.05) is 5.16 Å². The second-order valence-electron chi connectivity index (χ2n) is 7.00. The minimum absolute atomic E-state index is 0.0220. The molecule has 2 aliphatic heterocycles. The van der Waals surface area contributed by atoms with Crippen LogP contribution in [0.1, 0.15) is 28.4 Å². The highest BCUT2D eigenvalue weighted by Crippen LogP contribution is 2.43. The second kappa shape index (κ2) is 7.05. The van der Waals surface area contributed by atoms with E-state index >= 15 is 0 Å². The monoisotopic (exact) mass is 452 g/mol. The molecule has 0 aromatic carbocycles. The minimum Gasteiger partial charge on any atom is -0.351 e. The molecule has 0 amide bonds. The predicted octanol–water partition coefficient (Wildman–Crippen LogP) is 3.57. The van der Waals surface area contributed by atoms with Gasteiger partial charge in [0.1, 0.15) is 10.6 Å². The third-order valence-corrected chi connectivity index (χ3v) is 8.37. The summed E-state index contributed by atoms with van der Waals surface area (Å²) in [5, 5.41) is 3.49. The number of aryl methyl sites for hydroxylation is 2. The number of thiophene rings is 1. The van der Waals surface area contributed by atoms with Crippen molar-refractivity contribution in [2.24, 2.45) is 0 Å². The molecular weight excluding hydrogens is 433 g/mol. The molecule has 4 rings (SSSR count). The summed E-state index contributed by atoms with van der Waals surface area (Å²) in [6, 6.07) is 0.735. The molecule has 0 bridgehead atoms. The Labute approximate surface area is 169 Å². The predicted molar refractivity (Wildman–Crippen MR) is 96.9 cm³/mol. The Hall–Kier alpha value is -1.47. The number of piperidine rings is 1. The van der Waals surface area contributed by atoms with E-state index in [0.29, 0.717) is 35.8 Å². The number of nitrogens with zero attached hydrogens (tertiary/aromatic N) is 2. The third kappa shape index (κ3) is 3.61. The largest absolute Gasteiger partial charge is 0.452 e. The van der Waals surface area contributed by atoms with Gasteiger partial charge in [0.05, 0.1) is 13.2 Å². The lowest BCUT2D eigenvalue weighted by molar-refractivity contribution is -0.179. The zero-order valence-corrected chi connectivity index (χ0v) is 17.3. The number of hydrogen-bond acceptors (Lipinski definition) is 7. The highest BCUT2D eigenvalue weighted by atomic mass is 32.2. The van der Waals surface area contributed by atoms with E-state index in [9.17, 15) is 21.6 Å². The molecule has 0 aliphatic carbocycles. The Balaban J connectivity index is 1.69. The lowest BCUT2D eigenvalue weighted by atomic mass is 10.1. The molecule has 2 fully saturated rings. The van der Waals surface area contributed by atoms with E-state index < -0.39 is 27.7 Å². The summed E-state index contributed by atoms with van der Waals surface area (Å²) in [6.07, 6.45) is -3.91. The summed E-state index contributed by atoms with van der Waals surface area (Å²) < 4.78 is 82.5. The number of rotatable bonds is 3. The zero-order valence-electron chi connectivity index (χ0n) is 15.7. The zero-order chi connectivity index (χ0) is 21.0. The summed E-state index contributed by atoms with van der Waals surface area (Å²) in [4.78, 5) is 1.02. The number of halogens is 3. The van der Waals surface area contributed by atoms with Gasteiger partial charge < -0.3 is 14.0 Å². The van der Waals surface area contributed by atoms with Crippen LogP contribution in [0.3, 0.4) is 0 Å². The van der Waals surface area contributed by atoms with Crippen molar-refractivity contribution in [1.29, 1.82) is 0 Å². The normalized spacial score (nSPS) is 20.6. The van der Waals surface area contributed by atoms with Crippen molar-refractivity contribution in [3.8, 4) is 11.3 Å². The fourth-order valence-corrected chi connectivity index (χ4v) is 7.05. The van der Waals surface area contributed by atoms with E-state index in [1.165, 1.54) is 15.6 Å². The molecule has 0 atom stereocenters. The molecule has 7 nitrogen and oxygen atoms in total. The van der Waals surface area contributed by atoms with Crippen molar-refractivity contribution in [2.45, 2.75) is 43.5 Å². The summed E-state index contributed by atoms with van der Waals surface area (Å²) in [7, 11) is -3.95. The molecule has 0 radical (unpaired) electrons. The molecule has 4 heterocycles. The maximum atomic E-state index is 13.4. The van der Waals surface area contributed by atoms with Crippen LogP contribution in [-0.2, 0) is 25.7 Å². The van der Waals surface area contributed by atoms with Gasteiger partial charge in [-0.15, -0.1) is 11.3 Å². The molecule has 0 N–H and O–H groups in total. The molecule has 29 heavy (non-hydrogen) atoms. The first-order valence-corrected chi connectivity index (χ1v) is 11.2. The first-order valence-electron chi connectivity index (χ1n) is 8.96. The number of sulfonamides is 1. The Kier molecular flexibility index (Phi) is 5.05. The Bertz CT molecular complexity index is 1010. The maximum absolute atomic E-state index is 13.4. The van der Waals surface area contributed by atoms with E-state index in [1.54, 1.807) is 13.8 Å². The van der Waals surface area contributed by atoms with Crippen LogP contribution in [0.5, 0.6) is 0 Å². The molecule has 0 unspecified atom stereocenters. The van der Waals surface area contributed by atoms with Gasteiger partial charge in [0, 0.05) is 47.3 Å². The number of hydrogen-bond donors (Lipinski definition) is 0. The van der Waals surface area contributed by atoms with Crippen molar-refractivity contribution >= 4 is 21.4 Å². The van der Waals surface area contributed by atoms with Crippen molar-refractivity contribution in [3.05, 3.63) is 21.6 Å². The van der Waals surface area contributed by atoms with E-state index in [0.717, 1.165) is 6.07 Å². The minimum atomic E-state index is -4.70. The van der Waals surface area contributed by atoms with Crippen LogP contribution in [0.25, 0.3) is 11.3 Å². The van der Waals surface area contributed by atoms with E-state index in [1.807, 2.05) is 0 Å². The van der Waals surface area contributed by atoms with Gasteiger partial charge >= 0.3 is 6.18 Å². The summed E-state index contributed by atoms with van der Waals surface area (Å²) in [6.45, 7) is 4.64. The summed E-state index contributed by atoms with van der Waals surface area (Å²) in [5.74, 6) is -2.00. The standard InChI is InChI=1S/C17H19F3N2O5S2/c1-10-14(12-9-13(27-21-12)17(18,19)20)15(11(2)28-10)29(23,24)22-5-3-16(4-6-22)25-7-8-26-16/h9H,3-8H2,1-2H3. The first-order chi connectivity index (χ1) is 13.5. The summed E-state index contributed by atoms with van der Waals surface area (Å²) >= 11 is 1.20. The van der Waals surface area contributed by atoms with E-state index in [2.05, 4.69) is 9.68 Å². The highest BCUT2D eigenvalue weighted by Gasteiger charge is 2.44. The van der Waals surface area contributed by atoms with Crippen LogP contribution in [-0.4, -0.2) is 50.0 Å². The average Bonchev–Trinajstić information content (AvgIpc) is 3.34. The number of alkyl halides is 3. The van der Waals surface area contributed by atoms with Crippen LogP contribution in [0.4, 0.5) is 13.2 Å².